The molecule has 0 aliphatic heterocycles. The van der Waals surface area contributed by atoms with Gasteiger partial charge in [0.2, 0.25) is 0 Å². The van der Waals surface area contributed by atoms with Crippen molar-refractivity contribution >= 4 is 34.9 Å². The molecule has 0 aromatic carbocycles. The van der Waals surface area contributed by atoms with E-state index in [-0.39, 0.29) is 10.2 Å². The van der Waals surface area contributed by atoms with Crippen LogP contribution in [0.4, 0.5) is 10.5 Å². The van der Waals surface area contributed by atoms with Gasteiger partial charge in [-0.05, 0) is 6.07 Å². The molecule has 0 radical (unpaired) electrons. The molecule has 7 heteroatoms. The summed E-state index contributed by atoms with van der Waals surface area (Å²) in [5, 5.41) is 4.01. The minimum Gasteiger partial charge on any atom is -0.305 e. The zero-order chi connectivity index (χ0) is 11.4. The van der Waals surface area contributed by atoms with Crippen LogP contribution in [0, 0.1) is 0 Å². The third-order valence-corrected chi connectivity index (χ3v) is 2.29. The first-order chi connectivity index (χ1) is 7.04. The van der Waals surface area contributed by atoms with Crippen LogP contribution < -0.4 is 5.32 Å². The summed E-state index contributed by atoms with van der Waals surface area (Å²) in [6, 6.07) is 1.07. The number of carbonyl (C=O) groups excluding carboxylic acids is 1. The largest absolute Gasteiger partial charge is 0.345 e. The van der Waals surface area contributed by atoms with Crippen molar-refractivity contribution in [3.63, 3.8) is 0 Å². The van der Waals surface area contributed by atoms with Crippen molar-refractivity contribution in [3.05, 3.63) is 22.4 Å². The minimum atomic E-state index is -0.433. The van der Waals surface area contributed by atoms with Crippen molar-refractivity contribution in [2.45, 2.75) is 0 Å². The number of pyridine rings is 1. The Morgan fingerprint density at radius 3 is 2.80 bits per heavy atom. The topological polar surface area (TPSA) is 54.5 Å². The molecule has 1 aromatic rings. The van der Waals surface area contributed by atoms with Gasteiger partial charge in [-0.2, -0.15) is 0 Å². The summed E-state index contributed by atoms with van der Waals surface area (Å²) in [5.41, 5.74) is 0.443. The fourth-order valence-electron chi connectivity index (χ4n) is 0.775. The highest BCUT2D eigenvalue weighted by Crippen LogP contribution is 2.22. The molecule has 1 heterocycles. The van der Waals surface area contributed by atoms with E-state index in [9.17, 15) is 4.79 Å². The lowest BCUT2D eigenvalue weighted by Gasteiger charge is -2.14. The molecule has 0 fully saturated rings. The van der Waals surface area contributed by atoms with Crippen molar-refractivity contribution in [1.82, 2.24) is 10.0 Å². The van der Waals surface area contributed by atoms with Crippen LogP contribution in [0.25, 0.3) is 0 Å². The van der Waals surface area contributed by atoms with Crippen LogP contribution in [0.3, 0.4) is 0 Å². The summed E-state index contributed by atoms with van der Waals surface area (Å²) in [6.45, 7) is 0. The lowest BCUT2D eigenvalue weighted by molar-refractivity contribution is -0.0598. The van der Waals surface area contributed by atoms with Gasteiger partial charge in [0, 0.05) is 7.05 Å². The number of anilines is 1. The average Bonchev–Trinajstić information content (AvgIpc) is 2.22. The second-order valence-corrected chi connectivity index (χ2v) is 3.37. The van der Waals surface area contributed by atoms with Gasteiger partial charge in [0.1, 0.15) is 5.15 Å². The highest BCUT2D eigenvalue weighted by molar-refractivity contribution is 6.41. The third-order valence-electron chi connectivity index (χ3n) is 1.61. The lowest BCUT2D eigenvalue weighted by Crippen LogP contribution is -2.30. The number of hydrogen-bond acceptors (Lipinski definition) is 3. The van der Waals surface area contributed by atoms with Gasteiger partial charge in [-0.25, -0.2) is 14.8 Å². The number of amides is 2. The quantitative estimate of drug-likeness (QED) is 0.647. The van der Waals surface area contributed by atoms with Gasteiger partial charge in [0.15, 0.2) is 0 Å². The van der Waals surface area contributed by atoms with Crippen molar-refractivity contribution < 1.29 is 9.63 Å². The molecule has 0 saturated carbocycles. The number of nitrogens with one attached hydrogen (secondary N) is 1. The summed E-state index contributed by atoms with van der Waals surface area (Å²) in [6.07, 6.45) is 1.40. The second kappa shape index (κ2) is 5.16. The summed E-state index contributed by atoms with van der Waals surface area (Å²) in [5.74, 6) is 0. The number of urea groups is 1. The molecule has 0 aliphatic rings. The second-order valence-electron chi connectivity index (χ2n) is 2.61. The van der Waals surface area contributed by atoms with E-state index in [1.54, 1.807) is 0 Å². The zero-order valence-corrected chi connectivity index (χ0v) is 9.63. The van der Waals surface area contributed by atoms with Crippen LogP contribution in [-0.2, 0) is 4.84 Å². The Hall–Kier alpha value is -1.04. The molecule has 1 aromatic heterocycles. The molecule has 15 heavy (non-hydrogen) atoms. The van der Waals surface area contributed by atoms with Gasteiger partial charge in [-0.1, -0.05) is 23.2 Å². The van der Waals surface area contributed by atoms with Crippen molar-refractivity contribution in [2.24, 2.45) is 0 Å². The summed E-state index contributed by atoms with van der Waals surface area (Å²) >= 11 is 11.3. The molecule has 0 atom stereocenters. The van der Waals surface area contributed by atoms with Crippen LogP contribution >= 0.6 is 23.2 Å². The predicted molar refractivity (Wildman–Crippen MR) is 58.0 cm³/mol. The molecule has 0 saturated heterocycles. The van der Waals surface area contributed by atoms with Gasteiger partial charge in [-0.15, -0.1) is 0 Å². The molecule has 0 spiro atoms. The standard InChI is InChI=1S/C8H9Cl2N3O2/c1-13(15-2)8(14)12-5-3-6(9)7(10)11-4-5/h3-4H,1-2H3,(H,12,14). The Morgan fingerprint density at radius 2 is 2.27 bits per heavy atom. The predicted octanol–water partition coefficient (Wildman–Crippen LogP) is 2.41. The number of aromatic nitrogens is 1. The Morgan fingerprint density at radius 1 is 1.60 bits per heavy atom. The minimum absolute atomic E-state index is 0.190. The third kappa shape index (κ3) is 3.23. The number of halogens is 2. The van der Waals surface area contributed by atoms with Crippen LogP contribution in [0.1, 0.15) is 0 Å². The first kappa shape index (κ1) is 12.0. The molecular formula is C8H9Cl2N3O2. The average molecular weight is 250 g/mol. The lowest BCUT2D eigenvalue weighted by atomic mass is 10.4. The van der Waals surface area contributed by atoms with Crippen molar-refractivity contribution in [3.8, 4) is 0 Å². The SMILES string of the molecule is CON(C)C(=O)Nc1cnc(Cl)c(Cl)c1. The molecular weight excluding hydrogens is 241 g/mol. The smallest absolute Gasteiger partial charge is 0.305 e. The first-order valence-electron chi connectivity index (χ1n) is 3.94. The summed E-state index contributed by atoms with van der Waals surface area (Å²) in [7, 11) is 2.85. The van der Waals surface area contributed by atoms with E-state index in [1.807, 2.05) is 0 Å². The highest BCUT2D eigenvalue weighted by atomic mass is 35.5. The van der Waals surface area contributed by atoms with Crippen molar-refractivity contribution in [1.29, 1.82) is 0 Å². The molecule has 0 unspecified atom stereocenters. The molecule has 1 rings (SSSR count). The van der Waals surface area contributed by atoms with E-state index in [2.05, 4.69) is 15.1 Å². The van der Waals surface area contributed by atoms with Crippen LogP contribution in [0.15, 0.2) is 12.3 Å². The van der Waals surface area contributed by atoms with E-state index < -0.39 is 6.03 Å². The number of hydrogen-bond donors (Lipinski definition) is 1. The Labute approximate surface area is 96.9 Å². The van der Waals surface area contributed by atoms with Crippen molar-refractivity contribution in [2.75, 3.05) is 19.5 Å². The zero-order valence-electron chi connectivity index (χ0n) is 8.12. The summed E-state index contributed by atoms with van der Waals surface area (Å²) in [4.78, 5) is 19.8. The molecule has 0 bridgehead atoms. The van der Waals surface area contributed by atoms with Gasteiger partial charge in [0.05, 0.1) is 24.0 Å². The molecule has 2 amide bonds. The maximum absolute atomic E-state index is 11.3. The highest BCUT2D eigenvalue weighted by Gasteiger charge is 2.09. The fraction of sp³-hybridized carbons (Fsp3) is 0.250. The number of hydroxylamine groups is 2. The molecule has 0 aliphatic carbocycles. The van der Waals surface area contributed by atoms with Gasteiger partial charge < -0.3 is 5.32 Å². The van der Waals surface area contributed by atoms with Gasteiger partial charge in [0.25, 0.3) is 0 Å². The maximum Gasteiger partial charge on any atom is 0.345 e. The van der Waals surface area contributed by atoms with Crippen LogP contribution in [-0.4, -0.2) is 30.2 Å². The molecule has 82 valence electrons. The van der Waals surface area contributed by atoms with Crippen LogP contribution in [0.2, 0.25) is 10.2 Å². The Kier molecular flexibility index (Phi) is 4.14. The summed E-state index contributed by atoms with van der Waals surface area (Å²) < 4.78 is 0. The maximum atomic E-state index is 11.3. The number of rotatable bonds is 2. The van der Waals surface area contributed by atoms with E-state index in [1.165, 1.54) is 26.4 Å². The van der Waals surface area contributed by atoms with Gasteiger partial charge >= 0.3 is 6.03 Å². The Bertz CT molecular complexity index is 373. The van der Waals surface area contributed by atoms with E-state index in [0.717, 1.165) is 5.06 Å². The van der Waals surface area contributed by atoms with E-state index in [0.29, 0.717) is 5.69 Å². The van der Waals surface area contributed by atoms with Gasteiger partial charge in [-0.3, -0.25) is 4.84 Å². The van der Waals surface area contributed by atoms with Crippen LogP contribution in [0.5, 0.6) is 0 Å². The monoisotopic (exact) mass is 249 g/mol. The molecule has 5 nitrogen and oxygen atoms in total. The fourth-order valence-corrected chi connectivity index (χ4v) is 1.04. The Balaban J connectivity index is 2.73. The number of carbonyl (C=O) groups is 1. The van der Waals surface area contributed by atoms with E-state index >= 15 is 0 Å². The normalized spacial score (nSPS) is 9.87. The molecule has 1 N–H and O–H groups in total. The number of nitrogens with zero attached hydrogens (tertiary/aromatic N) is 2. The van der Waals surface area contributed by atoms with E-state index in [4.69, 9.17) is 23.2 Å². The first-order valence-corrected chi connectivity index (χ1v) is 4.70.